The number of aryl methyl sites for hydroxylation is 1. The van der Waals surface area contributed by atoms with Gasteiger partial charge in [-0.05, 0) is 56.9 Å². The minimum Gasteiger partial charge on any atom is -0.474 e. The summed E-state index contributed by atoms with van der Waals surface area (Å²) in [5.74, 6) is 0.791. The fourth-order valence-electron chi connectivity index (χ4n) is 4.10. The molecule has 0 saturated heterocycles. The van der Waals surface area contributed by atoms with Crippen LogP contribution in [-0.4, -0.2) is 28.6 Å². The van der Waals surface area contributed by atoms with Crippen LogP contribution in [0.1, 0.15) is 82.1 Å². The van der Waals surface area contributed by atoms with E-state index in [1.165, 1.54) is 29.7 Å². The van der Waals surface area contributed by atoms with Crippen LogP contribution < -0.4 is 4.74 Å². The van der Waals surface area contributed by atoms with Crippen LogP contribution in [0.5, 0.6) is 5.88 Å². The fraction of sp³-hybridized carbons (Fsp3) is 0.667. The molecule has 0 spiro atoms. The van der Waals surface area contributed by atoms with Gasteiger partial charge in [-0.1, -0.05) is 20.3 Å². The van der Waals surface area contributed by atoms with Gasteiger partial charge in [-0.2, -0.15) is 0 Å². The highest BCUT2D eigenvalue weighted by Crippen LogP contribution is 2.47. The van der Waals surface area contributed by atoms with Crippen molar-refractivity contribution >= 4 is 27.5 Å². The summed E-state index contributed by atoms with van der Waals surface area (Å²) in [6, 6.07) is 0. The second kappa shape index (κ2) is 9.49. The van der Waals surface area contributed by atoms with Crippen molar-refractivity contribution < 1.29 is 14.3 Å². The van der Waals surface area contributed by atoms with E-state index in [9.17, 15) is 4.79 Å². The van der Waals surface area contributed by atoms with Gasteiger partial charge >= 0.3 is 5.97 Å². The van der Waals surface area contributed by atoms with Crippen molar-refractivity contribution in [1.82, 2.24) is 9.97 Å². The number of esters is 1. The first-order valence-corrected chi connectivity index (χ1v) is 11.2. The Morgan fingerprint density at radius 2 is 1.96 bits per heavy atom. The average molecular weight is 391 g/mol. The highest BCUT2D eigenvalue weighted by molar-refractivity contribution is 7.19. The number of thiophene rings is 1. The number of ether oxygens (including phenoxy) is 2. The zero-order valence-corrected chi connectivity index (χ0v) is 17.4. The summed E-state index contributed by atoms with van der Waals surface area (Å²) < 4.78 is 11.5. The van der Waals surface area contributed by atoms with Gasteiger partial charge in [-0.25, -0.2) is 9.97 Å². The highest BCUT2D eigenvalue weighted by atomic mass is 32.1. The molecule has 1 fully saturated rings. The number of hydrogen-bond donors (Lipinski definition) is 0. The molecule has 0 unspecified atom stereocenters. The molecule has 0 amide bonds. The maximum atomic E-state index is 12.0. The van der Waals surface area contributed by atoms with Crippen molar-refractivity contribution in [3.05, 3.63) is 16.8 Å². The number of carbonyl (C=O) groups excluding carboxylic acids is 1. The molecule has 1 saturated carbocycles. The zero-order chi connectivity index (χ0) is 19.2. The smallest absolute Gasteiger partial charge is 0.306 e. The van der Waals surface area contributed by atoms with Gasteiger partial charge in [0.25, 0.3) is 0 Å². The van der Waals surface area contributed by atoms with Crippen LogP contribution in [0.2, 0.25) is 0 Å². The largest absolute Gasteiger partial charge is 0.474 e. The minimum atomic E-state index is -0.119. The third-order valence-corrected chi connectivity index (χ3v) is 6.42. The Hall–Kier alpha value is -1.69. The van der Waals surface area contributed by atoms with E-state index in [4.69, 9.17) is 9.47 Å². The zero-order valence-electron chi connectivity index (χ0n) is 16.6. The lowest BCUT2D eigenvalue weighted by atomic mass is 9.97. The van der Waals surface area contributed by atoms with Crippen molar-refractivity contribution in [3.63, 3.8) is 0 Å². The van der Waals surface area contributed by atoms with Gasteiger partial charge in [-0.3, -0.25) is 4.79 Å². The van der Waals surface area contributed by atoms with E-state index in [2.05, 4.69) is 9.97 Å². The topological polar surface area (TPSA) is 61.3 Å². The molecule has 148 valence electrons. The Kier molecular flexibility index (Phi) is 7.05. The summed E-state index contributed by atoms with van der Waals surface area (Å²) >= 11 is 1.72. The van der Waals surface area contributed by atoms with E-state index in [0.717, 1.165) is 35.9 Å². The number of fused-ring (bicyclic) bond motifs is 3. The highest BCUT2D eigenvalue weighted by Gasteiger charge is 2.32. The SMILES string of the molecule is CC.CCOC(=O)C[C@@H]1CCc2sc3ncnc(OC4CCCCC4)c3c21. The molecule has 2 aliphatic carbocycles. The first-order chi connectivity index (χ1) is 13.3. The van der Waals surface area contributed by atoms with Crippen LogP contribution in [0, 0.1) is 0 Å². The molecule has 0 aliphatic heterocycles. The summed E-state index contributed by atoms with van der Waals surface area (Å²) in [6.07, 6.45) is 10.3. The molecule has 27 heavy (non-hydrogen) atoms. The Morgan fingerprint density at radius 3 is 2.70 bits per heavy atom. The lowest BCUT2D eigenvalue weighted by Crippen LogP contribution is -2.20. The van der Waals surface area contributed by atoms with E-state index in [1.807, 2.05) is 20.8 Å². The van der Waals surface area contributed by atoms with Crippen molar-refractivity contribution in [2.45, 2.75) is 84.2 Å². The van der Waals surface area contributed by atoms with E-state index in [0.29, 0.717) is 18.9 Å². The third kappa shape index (κ3) is 4.42. The molecule has 0 N–H and O–H groups in total. The van der Waals surface area contributed by atoms with E-state index in [-0.39, 0.29) is 18.0 Å². The maximum absolute atomic E-state index is 12.0. The molecule has 0 radical (unpaired) electrons. The molecular weight excluding hydrogens is 360 g/mol. The summed E-state index contributed by atoms with van der Waals surface area (Å²) in [5, 5.41) is 1.04. The van der Waals surface area contributed by atoms with Crippen LogP contribution in [0.15, 0.2) is 6.33 Å². The molecule has 1 atom stereocenters. The van der Waals surface area contributed by atoms with Gasteiger partial charge < -0.3 is 9.47 Å². The number of carbonyl (C=O) groups is 1. The van der Waals surface area contributed by atoms with Gasteiger partial charge in [0.2, 0.25) is 5.88 Å². The lowest BCUT2D eigenvalue weighted by molar-refractivity contribution is -0.143. The Bertz CT molecular complexity index is 768. The van der Waals surface area contributed by atoms with Crippen molar-refractivity contribution in [3.8, 4) is 5.88 Å². The van der Waals surface area contributed by atoms with Gasteiger partial charge in [-0.15, -0.1) is 11.3 Å². The van der Waals surface area contributed by atoms with Crippen molar-refractivity contribution in [2.24, 2.45) is 0 Å². The lowest BCUT2D eigenvalue weighted by Gasteiger charge is -2.23. The molecule has 0 aromatic carbocycles. The second-order valence-corrected chi connectivity index (χ2v) is 8.00. The van der Waals surface area contributed by atoms with E-state index in [1.54, 1.807) is 17.7 Å². The number of rotatable bonds is 5. The van der Waals surface area contributed by atoms with Crippen LogP contribution in [0.25, 0.3) is 10.2 Å². The van der Waals surface area contributed by atoms with Gasteiger partial charge in [0.15, 0.2) is 0 Å². The number of nitrogens with zero attached hydrogens (tertiary/aromatic N) is 2. The summed E-state index contributed by atoms with van der Waals surface area (Å²) in [6.45, 7) is 6.28. The predicted molar refractivity (Wildman–Crippen MR) is 109 cm³/mol. The maximum Gasteiger partial charge on any atom is 0.306 e. The van der Waals surface area contributed by atoms with Gasteiger partial charge in [0, 0.05) is 4.88 Å². The fourth-order valence-corrected chi connectivity index (χ4v) is 5.33. The third-order valence-electron chi connectivity index (χ3n) is 5.24. The molecule has 4 rings (SSSR count). The molecule has 2 heterocycles. The quantitative estimate of drug-likeness (QED) is 0.639. The summed E-state index contributed by atoms with van der Waals surface area (Å²) in [7, 11) is 0. The number of hydrogen-bond acceptors (Lipinski definition) is 6. The van der Waals surface area contributed by atoms with Crippen LogP contribution in [-0.2, 0) is 16.0 Å². The predicted octanol–water partition coefficient (Wildman–Crippen LogP) is 5.41. The first kappa shape index (κ1) is 20.1. The summed E-state index contributed by atoms with van der Waals surface area (Å²) in [4.78, 5) is 23.2. The molecule has 6 heteroatoms. The average Bonchev–Trinajstić information content (AvgIpc) is 3.25. The first-order valence-electron chi connectivity index (χ1n) is 10.3. The van der Waals surface area contributed by atoms with E-state index < -0.39 is 0 Å². The van der Waals surface area contributed by atoms with E-state index >= 15 is 0 Å². The monoisotopic (exact) mass is 390 g/mol. The molecule has 5 nitrogen and oxygen atoms in total. The molecular formula is C21H30N2O3S. The standard InChI is InChI=1S/C19H24N2O3S.C2H6/c1-2-23-15(22)10-12-8-9-14-16(12)17-18(20-11-21-19(17)25-14)24-13-6-4-3-5-7-13;1-2/h11-13H,2-10H2,1H3;1-2H3/t12-;/m0./s1. The van der Waals surface area contributed by atoms with Crippen molar-refractivity contribution in [1.29, 1.82) is 0 Å². The van der Waals surface area contributed by atoms with Gasteiger partial charge in [0.05, 0.1) is 18.4 Å². The summed E-state index contributed by atoms with van der Waals surface area (Å²) in [5.41, 5.74) is 1.24. The normalized spacial score (nSPS) is 19.3. The van der Waals surface area contributed by atoms with Crippen molar-refractivity contribution in [2.75, 3.05) is 6.61 Å². The number of aromatic nitrogens is 2. The Balaban J connectivity index is 0.00000102. The molecule has 2 aromatic rings. The molecule has 2 aliphatic rings. The minimum absolute atomic E-state index is 0.119. The Labute approximate surface area is 165 Å². The van der Waals surface area contributed by atoms with Crippen LogP contribution in [0.3, 0.4) is 0 Å². The van der Waals surface area contributed by atoms with Crippen LogP contribution >= 0.6 is 11.3 Å². The molecule has 2 aromatic heterocycles. The second-order valence-electron chi connectivity index (χ2n) is 6.92. The molecule has 0 bridgehead atoms. The van der Waals surface area contributed by atoms with Gasteiger partial charge in [0.1, 0.15) is 17.3 Å². The Morgan fingerprint density at radius 1 is 1.19 bits per heavy atom. The van der Waals surface area contributed by atoms with Crippen LogP contribution in [0.4, 0.5) is 0 Å².